The van der Waals surface area contributed by atoms with E-state index < -0.39 is 16.4 Å². The number of hydrogen-bond donors (Lipinski definition) is 1. The Labute approximate surface area is 98.7 Å². The maximum Gasteiger partial charge on any atom is 0.305 e. The van der Waals surface area contributed by atoms with Crippen LogP contribution in [-0.4, -0.2) is 24.6 Å². The van der Waals surface area contributed by atoms with Gasteiger partial charge in [-0.2, -0.15) is 4.39 Å². The first kappa shape index (κ1) is 13.5. The average molecular weight is 242 g/mol. The van der Waals surface area contributed by atoms with Gasteiger partial charge in [-0.05, 0) is 6.54 Å². The topological polar surface area (TPSA) is 64.4 Å². The van der Waals surface area contributed by atoms with Crippen molar-refractivity contribution >= 4 is 5.69 Å². The number of nitrogens with zero attached hydrogens (tertiary/aromatic N) is 1. The third kappa shape index (κ3) is 4.08. The lowest BCUT2D eigenvalue weighted by Gasteiger charge is -2.05. The molecule has 0 saturated heterocycles. The van der Waals surface area contributed by atoms with Gasteiger partial charge in [0.05, 0.1) is 18.1 Å². The van der Waals surface area contributed by atoms with Crippen LogP contribution in [0.25, 0.3) is 0 Å². The summed E-state index contributed by atoms with van der Waals surface area (Å²) in [5.74, 6) is -0.819. The molecule has 1 aromatic rings. The van der Waals surface area contributed by atoms with Crippen LogP contribution < -0.4 is 5.32 Å². The monoisotopic (exact) mass is 242 g/mol. The molecule has 0 radical (unpaired) electrons. The van der Waals surface area contributed by atoms with Gasteiger partial charge in [0, 0.05) is 18.2 Å². The van der Waals surface area contributed by atoms with Crippen LogP contribution in [0.2, 0.25) is 0 Å². The second-order valence-electron chi connectivity index (χ2n) is 3.41. The maximum atomic E-state index is 13.6. The predicted octanol–water partition coefficient (Wildman–Crippen LogP) is 1.86. The Hall–Kier alpha value is -1.53. The third-order valence-electron chi connectivity index (χ3n) is 2.19. The zero-order valence-electron chi connectivity index (χ0n) is 9.61. The molecule has 0 heterocycles. The highest BCUT2D eigenvalue weighted by molar-refractivity contribution is 5.36. The van der Waals surface area contributed by atoms with E-state index in [4.69, 9.17) is 4.74 Å². The third-order valence-corrected chi connectivity index (χ3v) is 2.19. The molecule has 0 spiro atoms. The molecule has 6 heteroatoms. The highest BCUT2D eigenvalue weighted by Crippen LogP contribution is 2.20. The summed E-state index contributed by atoms with van der Waals surface area (Å²) in [7, 11) is 0. The van der Waals surface area contributed by atoms with E-state index in [1.807, 2.05) is 6.92 Å². The molecular weight excluding hydrogens is 227 g/mol. The van der Waals surface area contributed by atoms with Crippen LogP contribution in [0.5, 0.6) is 0 Å². The van der Waals surface area contributed by atoms with Crippen molar-refractivity contribution in [3.05, 3.63) is 39.7 Å². The SMILES string of the molecule is CCNCCOCc1cccc([N+](=O)[O-])c1F. The van der Waals surface area contributed by atoms with Crippen molar-refractivity contribution in [2.24, 2.45) is 0 Å². The number of benzene rings is 1. The minimum atomic E-state index is -0.819. The number of nitro groups is 1. The molecule has 0 aromatic heterocycles. The standard InChI is InChI=1S/C11H15FN2O3/c1-2-13-6-7-17-8-9-4-3-5-10(11(9)12)14(15)16/h3-5,13H,2,6-8H2,1H3. The molecule has 0 saturated carbocycles. The lowest BCUT2D eigenvalue weighted by molar-refractivity contribution is -0.387. The number of nitrogens with one attached hydrogen (secondary N) is 1. The van der Waals surface area contributed by atoms with E-state index >= 15 is 0 Å². The number of hydrogen-bond acceptors (Lipinski definition) is 4. The smallest absolute Gasteiger partial charge is 0.305 e. The molecule has 0 fully saturated rings. The Balaban J connectivity index is 2.54. The average Bonchev–Trinajstić information content (AvgIpc) is 2.30. The van der Waals surface area contributed by atoms with Crippen molar-refractivity contribution in [3.8, 4) is 0 Å². The van der Waals surface area contributed by atoms with E-state index in [0.29, 0.717) is 13.2 Å². The molecule has 0 aliphatic carbocycles. The molecule has 1 N–H and O–H groups in total. The van der Waals surface area contributed by atoms with Crippen LogP contribution in [-0.2, 0) is 11.3 Å². The minimum absolute atomic E-state index is 0.0406. The zero-order chi connectivity index (χ0) is 12.7. The van der Waals surface area contributed by atoms with Gasteiger partial charge in [0.2, 0.25) is 5.82 Å². The zero-order valence-corrected chi connectivity index (χ0v) is 9.61. The molecule has 0 unspecified atom stereocenters. The van der Waals surface area contributed by atoms with E-state index in [2.05, 4.69) is 5.32 Å². The van der Waals surface area contributed by atoms with Gasteiger partial charge in [-0.15, -0.1) is 0 Å². The van der Waals surface area contributed by atoms with Gasteiger partial charge in [0.1, 0.15) is 0 Å². The Bertz CT molecular complexity index is 385. The van der Waals surface area contributed by atoms with Gasteiger partial charge in [0.25, 0.3) is 0 Å². The van der Waals surface area contributed by atoms with Crippen molar-refractivity contribution in [2.45, 2.75) is 13.5 Å². The predicted molar refractivity (Wildman–Crippen MR) is 61.3 cm³/mol. The molecule has 1 aromatic carbocycles. The maximum absolute atomic E-state index is 13.6. The molecule has 17 heavy (non-hydrogen) atoms. The Morgan fingerprint density at radius 2 is 2.29 bits per heavy atom. The van der Waals surface area contributed by atoms with Gasteiger partial charge in [-0.25, -0.2) is 0 Å². The Morgan fingerprint density at radius 1 is 1.53 bits per heavy atom. The van der Waals surface area contributed by atoms with E-state index in [1.54, 1.807) is 0 Å². The molecule has 0 amide bonds. The summed E-state index contributed by atoms with van der Waals surface area (Å²) in [6, 6.07) is 4.07. The quantitative estimate of drug-likeness (QED) is 0.450. The number of nitro benzene ring substituents is 1. The fourth-order valence-electron chi connectivity index (χ4n) is 1.32. The molecule has 1 rings (SSSR count). The van der Waals surface area contributed by atoms with Gasteiger partial charge in [-0.3, -0.25) is 10.1 Å². The van der Waals surface area contributed by atoms with Crippen molar-refractivity contribution in [3.63, 3.8) is 0 Å². The van der Waals surface area contributed by atoms with Crippen molar-refractivity contribution in [1.82, 2.24) is 5.32 Å². The fraction of sp³-hybridized carbons (Fsp3) is 0.455. The summed E-state index contributed by atoms with van der Waals surface area (Å²) in [5, 5.41) is 13.6. The first-order chi connectivity index (χ1) is 8.16. The first-order valence-electron chi connectivity index (χ1n) is 5.37. The summed E-state index contributed by atoms with van der Waals surface area (Å²) in [4.78, 5) is 9.77. The largest absolute Gasteiger partial charge is 0.375 e. The van der Waals surface area contributed by atoms with Gasteiger partial charge < -0.3 is 10.1 Å². The summed E-state index contributed by atoms with van der Waals surface area (Å²) in [5.41, 5.74) is -0.312. The highest BCUT2D eigenvalue weighted by Gasteiger charge is 2.16. The van der Waals surface area contributed by atoms with E-state index in [9.17, 15) is 14.5 Å². The summed E-state index contributed by atoms with van der Waals surface area (Å²) < 4.78 is 18.8. The second-order valence-corrected chi connectivity index (χ2v) is 3.41. The summed E-state index contributed by atoms with van der Waals surface area (Å²) >= 11 is 0. The first-order valence-corrected chi connectivity index (χ1v) is 5.37. The minimum Gasteiger partial charge on any atom is -0.375 e. The van der Waals surface area contributed by atoms with Crippen LogP contribution in [0.3, 0.4) is 0 Å². The van der Waals surface area contributed by atoms with Crippen LogP contribution in [0.1, 0.15) is 12.5 Å². The van der Waals surface area contributed by atoms with E-state index in [-0.39, 0.29) is 12.2 Å². The van der Waals surface area contributed by atoms with E-state index in [0.717, 1.165) is 12.6 Å². The van der Waals surface area contributed by atoms with Crippen LogP contribution >= 0.6 is 0 Å². The number of halogens is 1. The van der Waals surface area contributed by atoms with Gasteiger partial charge >= 0.3 is 5.69 Å². The molecule has 0 bridgehead atoms. The summed E-state index contributed by atoms with van der Waals surface area (Å²) in [6.45, 7) is 3.97. The van der Waals surface area contributed by atoms with Crippen LogP contribution in [0.4, 0.5) is 10.1 Å². The van der Waals surface area contributed by atoms with Crippen molar-refractivity contribution in [1.29, 1.82) is 0 Å². The van der Waals surface area contributed by atoms with E-state index in [1.165, 1.54) is 12.1 Å². The Kier molecular flexibility index (Phi) is 5.51. The van der Waals surface area contributed by atoms with Crippen LogP contribution in [0, 0.1) is 15.9 Å². The van der Waals surface area contributed by atoms with Crippen LogP contribution in [0.15, 0.2) is 18.2 Å². The van der Waals surface area contributed by atoms with Gasteiger partial charge in [-0.1, -0.05) is 19.1 Å². The normalized spacial score (nSPS) is 10.5. The molecule has 0 aliphatic rings. The van der Waals surface area contributed by atoms with Gasteiger partial charge in [0.15, 0.2) is 0 Å². The number of rotatable bonds is 7. The molecule has 5 nitrogen and oxygen atoms in total. The fourth-order valence-corrected chi connectivity index (χ4v) is 1.32. The molecule has 0 atom stereocenters. The van der Waals surface area contributed by atoms with Crippen molar-refractivity contribution in [2.75, 3.05) is 19.7 Å². The number of likely N-dealkylation sites (N-methyl/N-ethyl adjacent to an activating group) is 1. The number of ether oxygens (including phenoxy) is 1. The second kappa shape index (κ2) is 6.93. The van der Waals surface area contributed by atoms with Crippen molar-refractivity contribution < 1.29 is 14.1 Å². The molecule has 94 valence electrons. The lowest BCUT2D eigenvalue weighted by Crippen LogP contribution is -2.18. The molecule has 0 aliphatic heterocycles. The summed E-state index contributed by atoms with van der Waals surface area (Å²) in [6.07, 6.45) is 0. The molecular formula is C11H15FN2O3. The highest BCUT2D eigenvalue weighted by atomic mass is 19.1. The lowest BCUT2D eigenvalue weighted by atomic mass is 10.2. The Morgan fingerprint density at radius 3 is 2.94 bits per heavy atom.